The number of amides is 1. The van der Waals surface area contributed by atoms with Crippen LogP contribution in [0.25, 0.3) is 0 Å². The van der Waals surface area contributed by atoms with Crippen LogP contribution in [0.4, 0.5) is 5.69 Å². The molecule has 98 valence electrons. The summed E-state index contributed by atoms with van der Waals surface area (Å²) in [5, 5.41) is 0.0475. The maximum absolute atomic E-state index is 11.7. The number of carbonyl (C=O) groups is 1. The van der Waals surface area contributed by atoms with Crippen LogP contribution < -0.4 is 4.90 Å². The highest BCUT2D eigenvalue weighted by Gasteiger charge is 2.26. The molecule has 1 aliphatic rings. The van der Waals surface area contributed by atoms with Gasteiger partial charge in [0.05, 0.1) is 11.8 Å². The molecule has 0 saturated carbocycles. The standard InChI is InChI=1S/C15H20ClNO/c1-4-10(5-2)15(16)11-6-7-13-12(8-11)9-14(18)17(13)3/h6-8,10,15H,4-5,9H2,1-3H3. The van der Waals surface area contributed by atoms with Crippen molar-refractivity contribution in [2.45, 2.75) is 38.5 Å². The van der Waals surface area contributed by atoms with Gasteiger partial charge >= 0.3 is 0 Å². The molecule has 0 bridgehead atoms. The van der Waals surface area contributed by atoms with E-state index < -0.39 is 0 Å². The fourth-order valence-corrected chi connectivity index (χ4v) is 3.13. The first-order valence-corrected chi connectivity index (χ1v) is 7.05. The van der Waals surface area contributed by atoms with Crippen molar-refractivity contribution in [2.75, 3.05) is 11.9 Å². The van der Waals surface area contributed by atoms with Crippen LogP contribution >= 0.6 is 11.6 Å². The minimum atomic E-state index is 0.0475. The minimum absolute atomic E-state index is 0.0475. The van der Waals surface area contributed by atoms with E-state index >= 15 is 0 Å². The molecular weight excluding hydrogens is 246 g/mol. The molecule has 1 amide bonds. The molecule has 2 nitrogen and oxygen atoms in total. The van der Waals surface area contributed by atoms with E-state index in [0.29, 0.717) is 12.3 Å². The Morgan fingerprint density at radius 3 is 2.61 bits per heavy atom. The largest absolute Gasteiger partial charge is 0.315 e. The average Bonchev–Trinajstić information content (AvgIpc) is 2.66. The number of benzene rings is 1. The van der Waals surface area contributed by atoms with Gasteiger partial charge in [0.15, 0.2) is 0 Å². The molecule has 18 heavy (non-hydrogen) atoms. The fraction of sp³-hybridized carbons (Fsp3) is 0.533. The molecule has 1 heterocycles. The SMILES string of the molecule is CCC(CC)C(Cl)c1ccc2c(c1)CC(=O)N2C. The Balaban J connectivity index is 2.28. The first-order chi connectivity index (χ1) is 8.58. The minimum Gasteiger partial charge on any atom is -0.315 e. The van der Waals surface area contributed by atoms with Gasteiger partial charge in [-0.25, -0.2) is 0 Å². The zero-order valence-electron chi connectivity index (χ0n) is 11.2. The Morgan fingerprint density at radius 2 is 2.00 bits per heavy atom. The van der Waals surface area contributed by atoms with E-state index in [1.807, 2.05) is 13.1 Å². The van der Waals surface area contributed by atoms with Gasteiger partial charge in [-0.05, 0) is 23.1 Å². The third kappa shape index (κ3) is 2.26. The maximum Gasteiger partial charge on any atom is 0.231 e. The van der Waals surface area contributed by atoms with Crippen LogP contribution in [0.15, 0.2) is 18.2 Å². The predicted octanol–water partition coefficient (Wildman–Crippen LogP) is 3.92. The summed E-state index contributed by atoms with van der Waals surface area (Å²) in [5.74, 6) is 0.662. The Kier molecular flexibility index (Phi) is 3.96. The topological polar surface area (TPSA) is 20.3 Å². The van der Waals surface area contributed by atoms with Gasteiger partial charge in [0, 0.05) is 12.7 Å². The normalized spacial score (nSPS) is 16.3. The second-order valence-corrected chi connectivity index (χ2v) is 5.47. The molecule has 3 heteroatoms. The van der Waals surface area contributed by atoms with Crippen LogP contribution in [0.3, 0.4) is 0 Å². The van der Waals surface area contributed by atoms with Gasteiger partial charge in [-0.3, -0.25) is 4.79 Å². The summed E-state index contributed by atoms with van der Waals surface area (Å²) in [6.07, 6.45) is 2.67. The predicted molar refractivity (Wildman–Crippen MR) is 76.2 cm³/mol. The lowest BCUT2D eigenvalue weighted by Crippen LogP contribution is -2.20. The third-order valence-corrected chi connectivity index (χ3v) is 4.57. The summed E-state index contributed by atoms with van der Waals surface area (Å²) < 4.78 is 0. The number of halogens is 1. The molecule has 0 N–H and O–H groups in total. The number of rotatable bonds is 4. The summed E-state index contributed by atoms with van der Waals surface area (Å²) >= 11 is 6.55. The van der Waals surface area contributed by atoms with E-state index in [1.54, 1.807) is 4.90 Å². The van der Waals surface area contributed by atoms with Crippen molar-refractivity contribution in [1.82, 2.24) is 0 Å². The Labute approximate surface area is 114 Å². The second-order valence-electron chi connectivity index (χ2n) is 5.00. The van der Waals surface area contributed by atoms with E-state index in [9.17, 15) is 4.79 Å². The lowest BCUT2D eigenvalue weighted by molar-refractivity contribution is -0.117. The molecule has 1 atom stereocenters. The lowest BCUT2D eigenvalue weighted by atomic mass is 9.93. The van der Waals surface area contributed by atoms with Gasteiger partial charge in [-0.15, -0.1) is 11.6 Å². The molecule has 0 radical (unpaired) electrons. The van der Waals surface area contributed by atoms with E-state index in [2.05, 4.69) is 26.0 Å². The summed E-state index contributed by atoms with van der Waals surface area (Å²) in [6, 6.07) is 6.18. The van der Waals surface area contributed by atoms with Gasteiger partial charge in [-0.2, -0.15) is 0 Å². The molecule has 1 aromatic rings. The molecule has 1 aliphatic heterocycles. The van der Waals surface area contributed by atoms with Crippen LogP contribution in [0, 0.1) is 5.92 Å². The first-order valence-electron chi connectivity index (χ1n) is 6.61. The molecular formula is C15H20ClNO. The maximum atomic E-state index is 11.7. The second kappa shape index (κ2) is 5.31. The summed E-state index contributed by atoms with van der Waals surface area (Å²) in [6.45, 7) is 4.35. The monoisotopic (exact) mass is 265 g/mol. The van der Waals surface area contributed by atoms with Gasteiger partial charge in [0.1, 0.15) is 0 Å². The van der Waals surface area contributed by atoms with Crippen molar-refractivity contribution in [3.8, 4) is 0 Å². The highest BCUT2D eigenvalue weighted by atomic mass is 35.5. The van der Waals surface area contributed by atoms with Crippen molar-refractivity contribution in [1.29, 1.82) is 0 Å². The zero-order valence-corrected chi connectivity index (χ0v) is 12.0. The smallest absolute Gasteiger partial charge is 0.231 e. The number of anilines is 1. The Morgan fingerprint density at radius 1 is 1.33 bits per heavy atom. The molecule has 0 fully saturated rings. The number of likely N-dealkylation sites (N-methyl/N-ethyl adjacent to an activating group) is 1. The van der Waals surface area contributed by atoms with Crippen molar-refractivity contribution >= 4 is 23.2 Å². The highest BCUT2D eigenvalue weighted by molar-refractivity contribution is 6.21. The number of carbonyl (C=O) groups excluding carboxylic acids is 1. The van der Waals surface area contributed by atoms with Gasteiger partial charge in [0.2, 0.25) is 5.91 Å². The molecule has 0 aliphatic carbocycles. The number of fused-ring (bicyclic) bond motifs is 1. The summed E-state index contributed by atoms with van der Waals surface area (Å²) in [4.78, 5) is 13.4. The van der Waals surface area contributed by atoms with Gasteiger partial charge in [-0.1, -0.05) is 38.8 Å². The van der Waals surface area contributed by atoms with E-state index in [0.717, 1.165) is 29.7 Å². The van der Waals surface area contributed by atoms with E-state index in [1.165, 1.54) is 0 Å². The number of hydrogen-bond donors (Lipinski definition) is 0. The van der Waals surface area contributed by atoms with Gasteiger partial charge in [0.25, 0.3) is 0 Å². The van der Waals surface area contributed by atoms with Crippen molar-refractivity contribution in [3.05, 3.63) is 29.3 Å². The van der Waals surface area contributed by atoms with Gasteiger partial charge < -0.3 is 4.90 Å². The Hall–Kier alpha value is -1.02. The van der Waals surface area contributed by atoms with Crippen LogP contribution in [0.1, 0.15) is 43.2 Å². The van der Waals surface area contributed by atoms with Crippen LogP contribution in [-0.2, 0) is 11.2 Å². The van der Waals surface area contributed by atoms with Crippen LogP contribution in [0.5, 0.6) is 0 Å². The quantitative estimate of drug-likeness (QED) is 0.756. The van der Waals surface area contributed by atoms with E-state index in [-0.39, 0.29) is 11.3 Å². The molecule has 0 saturated heterocycles. The molecule has 0 aromatic heterocycles. The lowest BCUT2D eigenvalue weighted by Gasteiger charge is -2.20. The summed E-state index contributed by atoms with van der Waals surface area (Å²) in [7, 11) is 1.83. The van der Waals surface area contributed by atoms with Crippen LogP contribution in [0.2, 0.25) is 0 Å². The summed E-state index contributed by atoms with van der Waals surface area (Å²) in [5.41, 5.74) is 3.28. The fourth-order valence-electron chi connectivity index (χ4n) is 2.64. The Bertz CT molecular complexity index is 454. The number of hydrogen-bond acceptors (Lipinski definition) is 1. The van der Waals surface area contributed by atoms with E-state index in [4.69, 9.17) is 11.6 Å². The van der Waals surface area contributed by atoms with Crippen molar-refractivity contribution in [2.24, 2.45) is 5.92 Å². The third-order valence-electron chi connectivity index (χ3n) is 3.96. The van der Waals surface area contributed by atoms with Crippen LogP contribution in [-0.4, -0.2) is 13.0 Å². The number of nitrogens with zero attached hydrogens (tertiary/aromatic N) is 1. The first kappa shape index (κ1) is 13.4. The number of alkyl halides is 1. The molecule has 1 unspecified atom stereocenters. The molecule has 1 aromatic carbocycles. The molecule has 2 rings (SSSR count). The molecule has 0 spiro atoms. The zero-order chi connectivity index (χ0) is 13.3. The highest BCUT2D eigenvalue weighted by Crippen LogP contribution is 2.37. The average molecular weight is 266 g/mol. The van der Waals surface area contributed by atoms with Crippen molar-refractivity contribution in [3.63, 3.8) is 0 Å². The van der Waals surface area contributed by atoms with Crippen molar-refractivity contribution < 1.29 is 4.79 Å².